The molecule has 0 radical (unpaired) electrons. The van der Waals surface area contributed by atoms with Crippen molar-refractivity contribution >= 4 is 42.6 Å². The Morgan fingerprint density at radius 3 is 2.19 bits per heavy atom. The minimum Gasteiger partial charge on any atom is -0.361 e. The lowest BCUT2D eigenvalue weighted by Crippen LogP contribution is -2.45. The molecule has 2 unspecified atom stereocenters. The number of sulfonamides is 1. The van der Waals surface area contributed by atoms with E-state index in [2.05, 4.69) is 25.6 Å². The molecule has 0 saturated heterocycles. The predicted molar refractivity (Wildman–Crippen MR) is 150 cm³/mol. The quantitative estimate of drug-likeness (QED) is 0.205. The van der Waals surface area contributed by atoms with Crippen LogP contribution in [0.1, 0.15) is 33.0 Å². The van der Waals surface area contributed by atoms with Crippen molar-refractivity contribution in [1.29, 1.82) is 0 Å². The average molecular weight is 574 g/mol. The summed E-state index contributed by atoms with van der Waals surface area (Å²) in [6.07, 6.45) is 1.86. The van der Waals surface area contributed by atoms with E-state index in [9.17, 15) is 13.2 Å². The Labute approximate surface area is 224 Å². The fourth-order valence-electron chi connectivity index (χ4n) is 4.59. The van der Waals surface area contributed by atoms with Crippen LogP contribution in [0.3, 0.4) is 0 Å². The van der Waals surface area contributed by atoms with Gasteiger partial charge in [-0.1, -0.05) is 94.3 Å². The normalized spacial score (nSPS) is 13.4. The Hall–Kier alpha value is -3.52. The molecule has 0 aliphatic carbocycles. The fourth-order valence-corrected chi connectivity index (χ4v) is 6.16. The van der Waals surface area contributed by atoms with Crippen molar-refractivity contribution < 1.29 is 13.2 Å². The second-order valence-corrected chi connectivity index (χ2v) is 11.6. The van der Waals surface area contributed by atoms with Crippen LogP contribution in [0, 0.1) is 6.92 Å². The minimum absolute atomic E-state index is 0.109. The number of aromatic nitrogens is 1. The first-order valence-corrected chi connectivity index (χ1v) is 14.1. The van der Waals surface area contributed by atoms with E-state index in [0.29, 0.717) is 5.56 Å². The monoisotopic (exact) mass is 572 g/mol. The molecule has 0 aliphatic rings. The van der Waals surface area contributed by atoms with Gasteiger partial charge in [-0.3, -0.25) is 4.79 Å². The maximum atomic E-state index is 14.1. The second-order valence-electron chi connectivity index (χ2n) is 8.96. The number of Topliss-reactive ketones (excluding diaryl/α,β-unsaturated/α-hetero) is 1. The van der Waals surface area contributed by atoms with Crippen molar-refractivity contribution in [1.82, 2.24) is 9.71 Å². The highest BCUT2D eigenvalue weighted by Crippen LogP contribution is 2.36. The molecule has 0 bridgehead atoms. The molecule has 1 aromatic heterocycles. The fraction of sp³-hybridized carbons (Fsp3) is 0.100. The van der Waals surface area contributed by atoms with Crippen LogP contribution in [0.2, 0.25) is 0 Å². The number of benzene rings is 4. The SMILES string of the molecule is Cc1ccc(S(=O)(=O)NC(C(=O)c2ccccc2)C(c2ccccc2)c2c[nH]c3ccc(Br)cc23)cc1. The molecule has 5 aromatic rings. The number of carbonyl (C=O) groups is 1. The summed E-state index contributed by atoms with van der Waals surface area (Å²) < 4.78 is 30.9. The maximum absolute atomic E-state index is 14.1. The van der Waals surface area contributed by atoms with Crippen LogP contribution < -0.4 is 4.72 Å². The molecule has 7 heteroatoms. The van der Waals surface area contributed by atoms with E-state index in [0.717, 1.165) is 32.1 Å². The van der Waals surface area contributed by atoms with Crippen molar-refractivity contribution in [2.24, 2.45) is 0 Å². The van der Waals surface area contributed by atoms with Crippen molar-refractivity contribution in [2.75, 3.05) is 0 Å². The van der Waals surface area contributed by atoms with Crippen molar-refractivity contribution in [2.45, 2.75) is 23.8 Å². The van der Waals surface area contributed by atoms with E-state index in [-0.39, 0.29) is 10.7 Å². The molecule has 37 heavy (non-hydrogen) atoms. The third kappa shape index (κ3) is 5.30. The van der Waals surface area contributed by atoms with Gasteiger partial charge in [-0.15, -0.1) is 0 Å². The topological polar surface area (TPSA) is 79.0 Å². The average Bonchev–Trinajstić information content (AvgIpc) is 3.32. The number of aromatic amines is 1. The van der Waals surface area contributed by atoms with E-state index in [1.54, 1.807) is 48.5 Å². The summed E-state index contributed by atoms with van der Waals surface area (Å²) in [6, 6.07) is 29.7. The van der Waals surface area contributed by atoms with Gasteiger partial charge in [0.1, 0.15) is 0 Å². The number of fused-ring (bicyclic) bond motifs is 1. The maximum Gasteiger partial charge on any atom is 0.241 e. The number of carbonyl (C=O) groups excluding carboxylic acids is 1. The van der Waals surface area contributed by atoms with Crippen molar-refractivity contribution in [3.8, 4) is 0 Å². The molecule has 5 rings (SSSR count). The summed E-state index contributed by atoms with van der Waals surface area (Å²) >= 11 is 3.55. The molecular formula is C30H25BrN2O3S. The van der Waals surface area contributed by atoms with Crippen LogP contribution in [0.5, 0.6) is 0 Å². The number of ketones is 1. The molecule has 4 aromatic carbocycles. The highest BCUT2D eigenvalue weighted by atomic mass is 79.9. The van der Waals surface area contributed by atoms with Gasteiger partial charge >= 0.3 is 0 Å². The standard InChI is InChI=1S/C30H25BrN2O3S/c1-20-12-15-24(16-13-20)37(35,36)33-29(30(34)22-10-6-3-7-11-22)28(21-8-4-2-5-9-21)26-19-32-27-17-14-23(31)18-25(26)27/h2-19,28-29,32-33H,1H3. The molecule has 0 saturated carbocycles. The number of rotatable bonds is 8. The van der Waals surface area contributed by atoms with Crippen LogP contribution in [0.4, 0.5) is 0 Å². The van der Waals surface area contributed by atoms with E-state index in [4.69, 9.17) is 0 Å². The first-order valence-electron chi connectivity index (χ1n) is 11.8. The Morgan fingerprint density at radius 2 is 1.51 bits per heavy atom. The zero-order valence-electron chi connectivity index (χ0n) is 20.1. The zero-order chi connectivity index (χ0) is 26.0. The Morgan fingerprint density at radius 1 is 0.865 bits per heavy atom. The Kier molecular flexibility index (Phi) is 7.11. The molecule has 2 N–H and O–H groups in total. The van der Waals surface area contributed by atoms with Gasteiger partial charge in [-0.05, 0) is 48.4 Å². The number of H-pyrrole nitrogens is 1. The van der Waals surface area contributed by atoms with Gasteiger partial charge in [0.05, 0.1) is 10.9 Å². The summed E-state index contributed by atoms with van der Waals surface area (Å²) in [6.45, 7) is 1.89. The highest BCUT2D eigenvalue weighted by Gasteiger charge is 2.36. The molecule has 0 aliphatic heterocycles. The van der Waals surface area contributed by atoms with Crippen molar-refractivity contribution in [3.05, 3.63) is 136 Å². The molecule has 2 atom stereocenters. The van der Waals surface area contributed by atoms with Gasteiger partial charge in [-0.2, -0.15) is 4.72 Å². The van der Waals surface area contributed by atoms with Gasteiger partial charge in [0.25, 0.3) is 0 Å². The van der Waals surface area contributed by atoms with Crippen molar-refractivity contribution in [3.63, 3.8) is 0 Å². The molecule has 0 spiro atoms. The van der Waals surface area contributed by atoms with Gasteiger partial charge in [-0.25, -0.2) is 8.42 Å². The first-order chi connectivity index (χ1) is 17.8. The van der Waals surface area contributed by atoms with E-state index in [1.165, 1.54) is 0 Å². The number of hydrogen-bond donors (Lipinski definition) is 2. The van der Waals surface area contributed by atoms with E-state index < -0.39 is 22.0 Å². The summed E-state index contributed by atoms with van der Waals surface area (Å²) in [7, 11) is -4.03. The van der Waals surface area contributed by atoms with E-state index in [1.807, 2.05) is 67.7 Å². The molecular weight excluding hydrogens is 548 g/mol. The summed E-state index contributed by atoms with van der Waals surface area (Å²) in [5.74, 6) is -0.910. The number of aryl methyl sites for hydroxylation is 1. The minimum atomic E-state index is -4.03. The first kappa shape index (κ1) is 25.1. The zero-order valence-corrected chi connectivity index (χ0v) is 22.5. The lowest BCUT2D eigenvalue weighted by atomic mass is 9.82. The Bertz CT molecular complexity index is 1650. The van der Waals surface area contributed by atoms with Crippen LogP contribution in [0.25, 0.3) is 10.9 Å². The molecule has 1 heterocycles. The van der Waals surface area contributed by atoms with Crippen LogP contribution in [-0.2, 0) is 10.0 Å². The van der Waals surface area contributed by atoms with Gasteiger partial charge in [0.2, 0.25) is 10.0 Å². The summed E-state index contributed by atoms with van der Waals surface area (Å²) in [5.41, 5.74) is 3.92. The highest BCUT2D eigenvalue weighted by molar-refractivity contribution is 9.10. The summed E-state index contributed by atoms with van der Waals surface area (Å²) in [4.78, 5) is 17.5. The Balaban J connectivity index is 1.71. The second kappa shape index (κ2) is 10.5. The van der Waals surface area contributed by atoms with Crippen LogP contribution in [0.15, 0.2) is 119 Å². The molecule has 0 amide bonds. The molecule has 5 nitrogen and oxygen atoms in total. The van der Waals surface area contributed by atoms with Gasteiger partial charge in [0, 0.05) is 33.1 Å². The van der Waals surface area contributed by atoms with Crippen LogP contribution in [-0.4, -0.2) is 25.2 Å². The predicted octanol–water partition coefficient (Wildman–Crippen LogP) is 6.60. The van der Waals surface area contributed by atoms with Gasteiger partial charge < -0.3 is 4.98 Å². The number of hydrogen-bond acceptors (Lipinski definition) is 3. The lowest BCUT2D eigenvalue weighted by Gasteiger charge is -2.28. The molecule has 0 fully saturated rings. The smallest absolute Gasteiger partial charge is 0.241 e. The third-order valence-corrected chi connectivity index (χ3v) is 8.41. The molecule has 186 valence electrons. The number of halogens is 1. The third-order valence-electron chi connectivity index (χ3n) is 6.46. The summed E-state index contributed by atoms with van der Waals surface area (Å²) in [5, 5.41) is 0.906. The lowest BCUT2D eigenvalue weighted by molar-refractivity contribution is 0.0945. The number of nitrogens with one attached hydrogen (secondary N) is 2. The van der Waals surface area contributed by atoms with E-state index >= 15 is 0 Å². The largest absolute Gasteiger partial charge is 0.361 e. The van der Waals surface area contributed by atoms with Crippen LogP contribution >= 0.6 is 15.9 Å². The van der Waals surface area contributed by atoms with Gasteiger partial charge in [0.15, 0.2) is 5.78 Å².